The van der Waals surface area contributed by atoms with Crippen molar-refractivity contribution in [2.75, 3.05) is 16.8 Å². The molecule has 0 fully saturated rings. The lowest BCUT2D eigenvalue weighted by Gasteiger charge is -2.39. The van der Waals surface area contributed by atoms with Crippen LogP contribution in [0.2, 0.25) is 0 Å². The number of rotatable bonds is 2. The van der Waals surface area contributed by atoms with Crippen LogP contribution in [0, 0.1) is 0 Å². The molecule has 1 unspecified atom stereocenters. The highest BCUT2D eigenvalue weighted by Crippen LogP contribution is 2.34. The van der Waals surface area contributed by atoms with E-state index >= 15 is 0 Å². The highest BCUT2D eigenvalue weighted by atomic mass is 15.2. The van der Waals surface area contributed by atoms with Crippen LogP contribution in [0.15, 0.2) is 18.2 Å². The second-order valence-electron chi connectivity index (χ2n) is 4.81. The van der Waals surface area contributed by atoms with E-state index in [4.69, 9.17) is 5.73 Å². The zero-order chi connectivity index (χ0) is 11.7. The van der Waals surface area contributed by atoms with Crippen LogP contribution in [0.4, 0.5) is 11.4 Å². The van der Waals surface area contributed by atoms with Gasteiger partial charge in [0.15, 0.2) is 0 Å². The molecule has 3 heteroatoms. The monoisotopic (exact) mass is 219 g/mol. The van der Waals surface area contributed by atoms with Gasteiger partial charge < -0.3 is 16.0 Å². The zero-order valence-corrected chi connectivity index (χ0v) is 10.3. The largest absolute Gasteiger partial charge is 0.379 e. The molecule has 16 heavy (non-hydrogen) atoms. The van der Waals surface area contributed by atoms with E-state index in [1.165, 1.54) is 16.9 Å². The summed E-state index contributed by atoms with van der Waals surface area (Å²) in [5.74, 6) is 0. The summed E-state index contributed by atoms with van der Waals surface area (Å²) in [6.45, 7) is 8.33. The first-order chi connectivity index (χ1) is 7.63. The van der Waals surface area contributed by atoms with Gasteiger partial charge in [-0.25, -0.2) is 0 Å². The molecular weight excluding hydrogens is 198 g/mol. The summed E-state index contributed by atoms with van der Waals surface area (Å²) >= 11 is 0. The Hall–Kier alpha value is -1.22. The van der Waals surface area contributed by atoms with E-state index < -0.39 is 0 Å². The normalized spacial score (nSPS) is 19.6. The number of nitrogens with one attached hydrogen (secondary N) is 1. The minimum Gasteiger partial charge on any atom is -0.379 e. The zero-order valence-electron chi connectivity index (χ0n) is 10.3. The van der Waals surface area contributed by atoms with E-state index in [-0.39, 0.29) is 0 Å². The molecule has 1 atom stereocenters. The van der Waals surface area contributed by atoms with Crippen LogP contribution >= 0.6 is 0 Å². The van der Waals surface area contributed by atoms with Crippen molar-refractivity contribution in [2.45, 2.75) is 39.4 Å². The van der Waals surface area contributed by atoms with Crippen molar-refractivity contribution in [2.24, 2.45) is 5.73 Å². The molecule has 0 saturated carbocycles. The van der Waals surface area contributed by atoms with E-state index in [1.54, 1.807) is 0 Å². The van der Waals surface area contributed by atoms with Gasteiger partial charge in [-0.15, -0.1) is 0 Å². The summed E-state index contributed by atoms with van der Waals surface area (Å²) in [6.07, 6.45) is 0. The van der Waals surface area contributed by atoms with Gasteiger partial charge in [0.2, 0.25) is 0 Å². The van der Waals surface area contributed by atoms with Crippen LogP contribution in [0.1, 0.15) is 26.3 Å². The van der Waals surface area contributed by atoms with Gasteiger partial charge in [0, 0.05) is 25.2 Å². The second-order valence-corrected chi connectivity index (χ2v) is 4.81. The van der Waals surface area contributed by atoms with Crippen LogP contribution in [-0.4, -0.2) is 18.6 Å². The molecule has 1 heterocycles. The van der Waals surface area contributed by atoms with Crippen molar-refractivity contribution in [3.8, 4) is 0 Å². The van der Waals surface area contributed by atoms with Crippen molar-refractivity contribution >= 4 is 11.4 Å². The Balaban J connectivity index is 2.46. The fourth-order valence-electron chi connectivity index (χ4n) is 2.34. The molecule has 0 amide bonds. The van der Waals surface area contributed by atoms with Gasteiger partial charge in [-0.3, -0.25) is 0 Å². The maximum absolute atomic E-state index is 5.78. The molecular formula is C13H21N3. The fourth-order valence-corrected chi connectivity index (χ4v) is 2.34. The van der Waals surface area contributed by atoms with E-state index in [0.717, 1.165) is 6.54 Å². The summed E-state index contributed by atoms with van der Waals surface area (Å²) in [7, 11) is 0. The standard InChI is InChI=1S/C13H21N3/c1-9(2)16-8-10(3)15-13-11(7-14)5-4-6-12(13)16/h4-6,9-10,15H,7-8,14H2,1-3H3. The highest BCUT2D eigenvalue weighted by Gasteiger charge is 2.24. The van der Waals surface area contributed by atoms with Crippen molar-refractivity contribution in [1.82, 2.24) is 0 Å². The Morgan fingerprint density at radius 1 is 1.50 bits per heavy atom. The quantitative estimate of drug-likeness (QED) is 0.801. The predicted octanol–water partition coefficient (Wildman–Crippen LogP) is 2.17. The Morgan fingerprint density at radius 3 is 2.88 bits per heavy atom. The first-order valence-electron chi connectivity index (χ1n) is 5.98. The Morgan fingerprint density at radius 2 is 2.25 bits per heavy atom. The lowest BCUT2D eigenvalue weighted by atomic mass is 10.0. The fraction of sp³-hybridized carbons (Fsp3) is 0.538. The lowest BCUT2D eigenvalue weighted by molar-refractivity contribution is 0.623. The molecule has 0 aromatic heterocycles. The van der Waals surface area contributed by atoms with E-state index in [2.05, 4.69) is 49.2 Å². The number of nitrogens with zero attached hydrogens (tertiary/aromatic N) is 1. The average Bonchev–Trinajstić information content (AvgIpc) is 2.27. The van der Waals surface area contributed by atoms with Crippen molar-refractivity contribution in [1.29, 1.82) is 0 Å². The van der Waals surface area contributed by atoms with E-state index in [9.17, 15) is 0 Å². The maximum Gasteiger partial charge on any atom is 0.0626 e. The summed E-state index contributed by atoms with van der Waals surface area (Å²) in [5.41, 5.74) is 9.49. The lowest BCUT2D eigenvalue weighted by Crippen LogP contribution is -2.44. The molecule has 1 aromatic rings. The molecule has 0 radical (unpaired) electrons. The third-order valence-electron chi connectivity index (χ3n) is 3.14. The number of hydrogen-bond acceptors (Lipinski definition) is 3. The second kappa shape index (κ2) is 4.34. The maximum atomic E-state index is 5.78. The minimum absolute atomic E-state index is 0.475. The predicted molar refractivity (Wildman–Crippen MR) is 69.9 cm³/mol. The van der Waals surface area contributed by atoms with Crippen LogP contribution in [-0.2, 0) is 6.54 Å². The number of anilines is 2. The summed E-state index contributed by atoms with van der Waals surface area (Å²) in [4.78, 5) is 2.44. The molecule has 3 N–H and O–H groups in total. The number of benzene rings is 1. The van der Waals surface area contributed by atoms with Gasteiger partial charge in [-0.05, 0) is 32.4 Å². The molecule has 88 valence electrons. The average molecular weight is 219 g/mol. The number of para-hydroxylation sites is 1. The first kappa shape index (κ1) is 11.3. The van der Waals surface area contributed by atoms with Crippen molar-refractivity contribution in [3.63, 3.8) is 0 Å². The van der Waals surface area contributed by atoms with Crippen molar-refractivity contribution in [3.05, 3.63) is 23.8 Å². The molecule has 1 aromatic carbocycles. The molecule has 3 nitrogen and oxygen atoms in total. The van der Waals surface area contributed by atoms with Crippen LogP contribution in [0.3, 0.4) is 0 Å². The van der Waals surface area contributed by atoms with Crippen LogP contribution < -0.4 is 16.0 Å². The molecule has 0 aliphatic carbocycles. The van der Waals surface area contributed by atoms with Gasteiger partial charge in [0.1, 0.15) is 0 Å². The molecule has 2 rings (SSSR count). The van der Waals surface area contributed by atoms with E-state index in [1.807, 2.05) is 0 Å². The Kier molecular flexibility index (Phi) is 3.06. The van der Waals surface area contributed by atoms with Gasteiger partial charge in [0.25, 0.3) is 0 Å². The highest BCUT2D eigenvalue weighted by molar-refractivity contribution is 5.76. The molecule has 0 saturated heterocycles. The van der Waals surface area contributed by atoms with Gasteiger partial charge in [0.05, 0.1) is 11.4 Å². The van der Waals surface area contributed by atoms with Gasteiger partial charge >= 0.3 is 0 Å². The van der Waals surface area contributed by atoms with Crippen molar-refractivity contribution < 1.29 is 0 Å². The topological polar surface area (TPSA) is 41.3 Å². The molecule has 0 bridgehead atoms. The summed E-state index contributed by atoms with van der Waals surface area (Å²) in [6, 6.07) is 7.36. The SMILES string of the molecule is CC1CN(C(C)C)c2cccc(CN)c2N1. The van der Waals surface area contributed by atoms with E-state index in [0.29, 0.717) is 18.6 Å². The van der Waals surface area contributed by atoms with Crippen LogP contribution in [0.5, 0.6) is 0 Å². The third-order valence-corrected chi connectivity index (χ3v) is 3.14. The smallest absolute Gasteiger partial charge is 0.0626 e. The summed E-state index contributed by atoms with van der Waals surface area (Å²) < 4.78 is 0. The Labute approximate surface area is 97.6 Å². The Bertz CT molecular complexity index is 373. The summed E-state index contributed by atoms with van der Waals surface area (Å²) in [5, 5.41) is 3.54. The molecule has 1 aliphatic heterocycles. The van der Waals surface area contributed by atoms with Gasteiger partial charge in [-0.2, -0.15) is 0 Å². The van der Waals surface area contributed by atoms with Gasteiger partial charge in [-0.1, -0.05) is 12.1 Å². The molecule has 1 aliphatic rings. The van der Waals surface area contributed by atoms with Crippen LogP contribution in [0.25, 0.3) is 0 Å². The minimum atomic E-state index is 0.475. The number of fused-ring (bicyclic) bond motifs is 1. The number of hydrogen-bond donors (Lipinski definition) is 2. The third kappa shape index (κ3) is 1.87. The molecule has 0 spiro atoms. The number of nitrogens with two attached hydrogens (primary N) is 1. The first-order valence-corrected chi connectivity index (χ1v) is 5.98.